The summed E-state index contributed by atoms with van der Waals surface area (Å²) < 4.78 is 0. The monoisotopic (exact) mass is 244 g/mol. The van der Waals surface area contributed by atoms with Crippen LogP contribution in [0, 0.1) is 5.92 Å². The Kier molecular flexibility index (Phi) is 4.82. The van der Waals surface area contributed by atoms with Gasteiger partial charge in [0.25, 0.3) is 0 Å². The number of nitrogens with one attached hydrogen (secondary N) is 2. The van der Waals surface area contributed by atoms with E-state index in [9.17, 15) is 4.79 Å². The molecule has 3 heteroatoms. The molecule has 1 aliphatic rings. The van der Waals surface area contributed by atoms with Gasteiger partial charge in [0.1, 0.15) is 0 Å². The van der Waals surface area contributed by atoms with Crippen LogP contribution in [0.2, 0.25) is 0 Å². The van der Waals surface area contributed by atoms with Gasteiger partial charge in [0, 0.05) is 12.2 Å². The van der Waals surface area contributed by atoms with Crippen molar-refractivity contribution in [1.29, 1.82) is 0 Å². The molecule has 1 unspecified atom stereocenters. The molecule has 1 aliphatic carbocycles. The van der Waals surface area contributed by atoms with Crippen LogP contribution in [0.3, 0.4) is 0 Å². The molecule has 1 aromatic rings. The summed E-state index contributed by atoms with van der Waals surface area (Å²) in [5.41, 5.74) is 0.980. The lowest BCUT2D eigenvalue weighted by atomic mass is 9.94. The maximum absolute atomic E-state index is 11.7. The first-order valence-electron chi connectivity index (χ1n) is 6.55. The zero-order chi connectivity index (χ0) is 12.6. The van der Waals surface area contributed by atoms with Crippen molar-refractivity contribution in [2.24, 2.45) is 5.92 Å². The van der Waals surface area contributed by atoms with E-state index in [4.69, 9.17) is 0 Å². The van der Waals surface area contributed by atoms with Gasteiger partial charge in [-0.1, -0.05) is 30.4 Å². The molecule has 18 heavy (non-hydrogen) atoms. The molecule has 0 saturated carbocycles. The molecule has 0 saturated heterocycles. The summed E-state index contributed by atoms with van der Waals surface area (Å²) in [5, 5.41) is 6.09. The Bertz CT molecular complexity index is 400. The van der Waals surface area contributed by atoms with Crippen molar-refractivity contribution in [1.82, 2.24) is 5.32 Å². The Morgan fingerprint density at radius 2 is 2.06 bits per heavy atom. The number of hydrogen-bond donors (Lipinski definition) is 2. The lowest BCUT2D eigenvalue weighted by molar-refractivity contribution is -0.119. The van der Waals surface area contributed by atoms with Crippen molar-refractivity contribution in [2.75, 3.05) is 18.4 Å². The second-order valence-corrected chi connectivity index (χ2v) is 4.67. The molecule has 1 atom stereocenters. The van der Waals surface area contributed by atoms with Crippen LogP contribution in [0.5, 0.6) is 0 Å². The number of rotatable bonds is 5. The summed E-state index contributed by atoms with van der Waals surface area (Å²) in [7, 11) is 0. The third-order valence-corrected chi connectivity index (χ3v) is 3.19. The van der Waals surface area contributed by atoms with E-state index in [1.165, 1.54) is 6.42 Å². The minimum atomic E-state index is 0.0633. The van der Waals surface area contributed by atoms with Gasteiger partial charge < -0.3 is 10.6 Å². The zero-order valence-corrected chi connectivity index (χ0v) is 10.6. The molecule has 2 N–H and O–H groups in total. The van der Waals surface area contributed by atoms with E-state index in [1.54, 1.807) is 0 Å². The standard InChI is InChI=1S/C15H20N2O/c18-15(12-16-14-9-5-2-6-10-14)17-11-13-7-3-1-4-8-13/h1-3,5-6,9-10,13,16H,4,7-8,11-12H2,(H,17,18). The molecule has 96 valence electrons. The molecule has 2 rings (SSSR count). The molecule has 0 aromatic heterocycles. The van der Waals surface area contributed by atoms with Gasteiger partial charge in [0.2, 0.25) is 5.91 Å². The summed E-state index contributed by atoms with van der Waals surface area (Å²) in [5.74, 6) is 0.670. The molecule has 0 spiro atoms. The first-order valence-corrected chi connectivity index (χ1v) is 6.55. The minimum Gasteiger partial charge on any atom is -0.376 e. The topological polar surface area (TPSA) is 41.1 Å². The molecular weight excluding hydrogens is 224 g/mol. The maximum Gasteiger partial charge on any atom is 0.239 e. The Hall–Kier alpha value is -1.77. The minimum absolute atomic E-state index is 0.0633. The van der Waals surface area contributed by atoms with E-state index in [0.717, 1.165) is 25.1 Å². The molecule has 0 bridgehead atoms. The Balaban J connectivity index is 1.64. The zero-order valence-electron chi connectivity index (χ0n) is 10.6. The smallest absolute Gasteiger partial charge is 0.239 e. The van der Waals surface area contributed by atoms with E-state index in [-0.39, 0.29) is 5.91 Å². The second-order valence-electron chi connectivity index (χ2n) is 4.67. The molecule has 1 aromatic carbocycles. The molecule has 0 heterocycles. The highest BCUT2D eigenvalue weighted by Gasteiger charge is 2.10. The lowest BCUT2D eigenvalue weighted by Gasteiger charge is -2.18. The van der Waals surface area contributed by atoms with Crippen LogP contribution in [0.1, 0.15) is 19.3 Å². The maximum atomic E-state index is 11.7. The van der Waals surface area contributed by atoms with Crippen molar-refractivity contribution in [3.05, 3.63) is 42.5 Å². The predicted octanol–water partition coefficient (Wildman–Crippen LogP) is 2.57. The van der Waals surface area contributed by atoms with Gasteiger partial charge in [-0.25, -0.2) is 0 Å². The first-order chi connectivity index (χ1) is 8.84. The highest BCUT2D eigenvalue weighted by atomic mass is 16.1. The van der Waals surface area contributed by atoms with Crippen LogP contribution < -0.4 is 10.6 Å². The van der Waals surface area contributed by atoms with Gasteiger partial charge in [-0.3, -0.25) is 4.79 Å². The fraction of sp³-hybridized carbons (Fsp3) is 0.400. The quantitative estimate of drug-likeness (QED) is 0.782. The van der Waals surface area contributed by atoms with E-state index in [2.05, 4.69) is 22.8 Å². The number of carbonyl (C=O) groups is 1. The number of anilines is 1. The normalized spacial score (nSPS) is 18.3. The van der Waals surface area contributed by atoms with Crippen molar-refractivity contribution in [3.8, 4) is 0 Å². The van der Waals surface area contributed by atoms with Crippen molar-refractivity contribution >= 4 is 11.6 Å². The van der Waals surface area contributed by atoms with Gasteiger partial charge in [-0.15, -0.1) is 0 Å². The van der Waals surface area contributed by atoms with Gasteiger partial charge in [0.15, 0.2) is 0 Å². The summed E-state index contributed by atoms with van der Waals surface area (Å²) in [6, 6.07) is 9.78. The van der Waals surface area contributed by atoms with Crippen molar-refractivity contribution in [3.63, 3.8) is 0 Å². The molecule has 0 aliphatic heterocycles. The highest BCUT2D eigenvalue weighted by molar-refractivity contribution is 5.80. The SMILES string of the molecule is O=C(CNc1ccccc1)NCC1CC=CCC1. The summed E-state index contributed by atoms with van der Waals surface area (Å²) in [6.07, 6.45) is 7.84. The van der Waals surface area contributed by atoms with E-state index in [1.807, 2.05) is 30.3 Å². The highest BCUT2D eigenvalue weighted by Crippen LogP contribution is 2.16. The van der Waals surface area contributed by atoms with Gasteiger partial charge in [-0.2, -0.15) is 0 Å². The van der Waals surface area contributed by atoms with E-state index in [0.29, 0.717) is 12.5 Å². The van der Waals surface area contributed by atoms with Crippen molar-refractivity contribution < 1.29 is 4.79 Å². The van der Waals surface area contributed by atoms with Crippen LogP contribution >= 0.6 is 0 Å². The second kappa shape index (κ2) is 6.84. The average Bonchev–Trinajstić information content (AvgIpc) is 2.45. The van der Waals surface area contributed by atoms with Crippen LogP contribution in [0.4, 0.5) is 5.69 Å². The van der Waals surface area contributed by atoms with Crippen LogP contribution in [-0.4, -0.2) is 19.0 Å². The summed E-state index contributed by atoms with van der Waals surface area (Å²) in [4.78, 5) is 11.7. The lowest BCUT2D eigenvalue weighted by Crippen LogP contribution is -2.34. The fourth-order valence-electron chi connectivity index (χ4n) is 2.10. The third kappa shape index (κ3) is 4.24. The van der Waals surface area contributed by atoms with Crippen molar-refractivity contribution in [2.45, 2.75) is 19.3 Å². The average molecular weight is 244 g/mol. The number of benzene rings is 1. The number of hydrogen-bond acceptors (Lipinski definition) is 2. The Morgan fingerprint density at radius 3 is 2.78 bits per heavy atom. The third-order valence-electron chi connectivity index (χ3n) is 3.19. The Labute approximate surface area is 108 Å². The van der Waals surface area contributed by atoms with Gasteiger partial charge in [0.05, 0.1) is 6.54 Å². The van der Waals surface area contributed by atoms with Gasteiger partial charge >= 0.3 is 0 Å². The van der Waals surface area contributed by atoms with Crippen LogP contribution in [0.15, 0.2) is 42.5 Å². The predicted molar refractivity (Wildman–Crippen MR) is 74.4 cm³/mol. The molecule has 0 radical (unpaired) electrons. The molecule has 1 amide bonds. The molecule has 3 nitrogen and oxygen atoms in total. The fourth-order valence-corrected chi connectivity index (χ4v) is 2.10. The number of para-hydroxylation sites is 1. The molecular formula is C15H20N2O. The van der Waals surface area contributed by atoms with E-state index < -0.39 is 0 Å². The number of allylic oxidation sites excluding steroid dienone is 2. The number of amides is 1. The first kappa shape index (κ1) is 12.7. The van der Waals surface area contributed by atoms with Gasteiger partial charge in [-0.05, 0) is 37.3 Å². The largest absolute Gasteiger partial charge is 0.376 e. The van der Waals surface area contributed by atoms with Crippen LogP contribution in [-0.2, 0) is 4.79 Å². The molecule has 0 fully saturated rings. The summed E-state index contributed by atoms with van der Waals surface area (Å²) >= 11 is 0. The number of carbonyl (C=O) groups excluding carboxylic acids is 1. The Morgan fingerprint density at radius 1 is 1.22 bits per heavy atom. The van der Waals surface area contributed by atoms with E-state index >= 15 is 0 Å². The summed E-state index contributed by atoms with van der Waals surface area (Å²) in [6.45, 7) is 1.13. The van der Waals surface area contributed by atoms with Crippen LogP contribution in [0.25, 0.3) is 0 Å².